The van der Waals surface area contributed by atoms with E-state index < -0.39 is 0 Å². The topological polar surface area (TPSA) is 45.8 Å². The molecular formula is C13H14N2O. The SMILES string of the molecule is O=c1cc(CCCc2ccccc2)nc[nH]1. The van der Waals surface area contributed by atoms with Crippen molar-refractivity contribution >= 4 is 0 Å². The monoisotopic (exact) mass is 214 g/mol. The highest BCUT2D eigenvalue weighted by molar-refractivity contribution is 5.14. The number of H-pyrrole nitrogens is 1. The minimum Gasteiger partial charge on any atom is -0.313 e. The van der Waals surface area contributed by atoms with Gasteiger partial charge in [0.2, 0.25) is 0 Å². The molecule has 0 saturated heterocycles. The Balaban J connectivity index is 1.87. The summed E-state index contributed by atoms with van der Waals surface area (Å²) in [6, 6.07) is 11.9. The fourth-order valence-electron chi connectivity index (χ4n) is 1.66. The van der Waals surface area contributed by atoms with Gasteiger partial charge in [0.05, 0.1) is 6.33 Å². The molecule has 0 radical (unpaired) electrons. The lowest BCUT2D eigenvalue weighted by Crippen LogP contribution is -2.06. The summed E-state index contributed by atoms with van der Waals surface area (Å²) < 4.78 is 0. The first-order valence-corrected chi connectivity index (χ1v) is 5.42. The van der Waals surface area contributed by atoms with Crippen LogP contribution in [-0.2, 0) is 12.8 Å². The van der Waals surface area contributed by atoms with Gasteiger partial charge >= 0.3 is 0 Å². The van der Waals surface area contributed by atoms with Gasteiger partial charge in [-0.05, 0) is 24.8 Å². The molecule has 0 bridgehead atoms. The Morgan fingerprint density at radius 2 is 1.94 bits per heavy atom. The zero-order valence-corrected chi connectivity index (χ0v) is 9.02. The molecule has 0 unspecified atom stereocenters. The van der Waals surface area contributed by atoms with Crippen molar-refractivity contribution in [2.75, 3.05) is 0 Å². The van der Waals surface area contributed by atoms with Crippen LogP contribution in [0.3, 0.4) is 0 Å². The number of aromatic nitrogens is 2. The largest absolute Gasteiger partial charge is 0.313 e. The first-order valence-electron chi connectivity index (χ1n) is 5.42. The lowest BCUT2D eigenvalue weighted by Gasteiger charge is -2.00. The third kappa shape index (κ3) is 3.05. The molecule has 2 rings (SSSR count). The molecule has 1 N–H and O–H groups in total. The zero-order valence-electron chi connectivity index (χ0n) is 9.02. The van der Waals surface area contributed by atoms with E-state index in [-0.39, 0.29) is 5.56 Å². The van der Waals surface area contributed by atoms with Gasteiger partial charge in [-0.2, -0.15) is 0 Å². The number of hydrogen-bond acceptors (Lipinski definition) is 2. The third-order valence-electron chi connectivity index (χ3n) is 2.48. The van der Waals surface area contributed by atoms with Gasteiger partial charge in [-0.25, -0.2) is 4.98 Å². The molecule has 82 valence electrons. The summed E-state index contributed by atoms with van der Waals surface area (Å²) in [5, 5.41) is 0. The second-order valence-corrected chi connectivity index (χ2v) is 3.74. The average molecular weight is 214 g/mol. The maximum absolute atomic E-state index is 11.0. The van der Waals surface area contributed by atoms with Crippen molar-refractivity contribution in [2.45, 2.75) is 19.3 Å². The van der Waals surface area contributed by atoms with Crippen molar-refractivity contribution in [2.24, 2.45) is 0 Å². The molecule has 0 spiro atoms. The number of aryl methyl sites for hydroxylation is 2. The van der Waals surface area contributed by atoms with Crippen molar-refractivity contribution in [3.05, 3.63) is 64.3 Å². The van der Waals surface area contributed by atoms with Gasteiger partial charge in [-0.1, -0.05) is 30.3 Å². The van der Waals surface area contributed by atoms with Crippen molar-refractivity contribution < 1.29 is 0 Å². The van der Waals surface area contributed by atoms with E-state index in [4.69, 9.17) is 0 Å². The van der Waals surface area contributed by atoms with E-state index in [9.17, 15) is 4.79 Å². The van der Waals surface area contributed by atoms with Crippen LogP contribution >= 0.6 is 0 Å². The van der Waals surface area contributed by atoms with Crippen LogP contribution in [0.4, 0.5) is 0 Å². The maximum Gasteiger partial charge on any atom is 0.250 e. The molecule has 1 aromatic heterocycles. The normalized spacial score (nSPS) is 10.2. The Labute approximate surface area is 94.2 Å². The van der Waals surface area contributed by atoms with E-state index in [0.29, 0.717) is 0 Å². The number of aromatic amines is 1. The van der Waals surface area contributed by atoms with Crippen molar-refractivity contribution in [1.29, 1.82) is 0 Å². The van der Waals surface area contributed by atoms with Crippen molar-refractivity contribution in [3.63, 3.8) is 0 Å². The summed E-state index contributed by atoms with van der Waals surface area (Å²) in [7, 11) is 0. The first-order chi connectivity index (χ1) is 7.84. The van der Waals surface area contributed by atoms with Crippen molar-refractivity contribution in [1.82, 2.24) is 9.97 Å². The Morgan fingerprint density at radius 1 is 1.12 bits per heavy atom. The lowest BCUT2D eigenvalue weighted by atomic mass is 10.1. The van der Waals surface area contributed by atoms with Gasteiger partial charge in [-0.3, -0.25) is 4.79 Å². The van der Waals surface area contributed by atoms with E-state index in [1.807, 2.05) is 18.2 Å². The molecule has 16 heavy (non-hydrogen) atoms. The van der Waals surface area contributed by atoms with E-state index >= 15 is 0 Å². The fraction of sp³-hybridized carbons (Fsp3) is 0.231. The molecule has 0 atom stereocenters. The molecule has 3 nitrogen and oxygen atoms in total. The summed E-state index contributed by atoms with van der Waals surface area (Å²) in [6.45, 7) is 0. The summed E-state index contributed by atoms with van der Waals surface area (Å²) in [4.78, 5) is 17.7. The minimum atomic E-state index is -0.0790. The van der Waals surface area contributed by atoms with Gasteiger partial charge in [0.15, 0.2) is 0 Å². The van der Waals surface area contributed by atoms with Gasteiger partial charge in [-0.15, -0.1) is 0 Å². The van der Waals surface area contributed by atoms with Crippen LogP contribution in [0.2, 0.25) is 0 Å². The van der Waals surface area contributed by atoms with E-state index in [0.717, 1.165) is 25.0 Å². The molecule has 3 heteroatoms. The molecule has 0 amide bonds. The highest BCUT2D eigenvalue weighted by Crippen LogP contribution is 2.05. The predicted octanol–water partition coefficient (Wildman–Crippen LogP) is 1.95. The Bertz CT molecular complexity index is 491. The van der Waals surface area contributed by atoms with Gasteiger partial charge in [0.1, 0.15) is 0 Å². The second kappa shape index (κ2) is 5.26. The average Bonchev–Trinajstić information content (AvgIpc) is 2.30. The predicted molar refractivity (Wildman–Crippen MR) is 63.3 cm³/mol. The minimum absolute atomic E-state index is 0.0790. The molecule has 0 aliphatic heterocycles. The molecule has 0 aliphatic rings. The summed E-state index contributed by atoms with van der Waals surface area (Å²) in [5.74, 6) is 0. The number of hydrogen-bond donors (Lipinski definition) is 1. The number of nitrogens with zero attached hydrogens (tertiary/aromatic N) is 1. The number of rotatable bonds is 4. The Morgan fingerprint density at radius 3 is 2.69 bits per heavy atom. The summed E-state index contributed by atoms with van der Waals surface area (Å²) in [5.41, 5.74) is 2.11. The molecule has 0 fully saturated rings. The van der Waals surface area contributed by atoms with Gasteiger partial charge in [0.25, 0.3) is 5.56 Å². The lowest BCUT2D eigenvalue weighted by molar-refractivity contribution is 0.792. The van der Waals surface area contributed by atoms with Crippen LogP contribution < -0.4 is 5.56 Å². The number of benzene rings is 1. The van der Waals surface area contributed by atoms with Crippen LogP contribution in [0.5, 0.6) is 0 Å². The summed E-state index contributed by atoms with van der Waals surface area (Å²) >= 11 is 0. The Kier molecular flexibility index (Phi) is 3.49. The van der Waals surface area contributed by atoms with Gasteiger partial charge in [0, 0.05) is 11.8 Å². The van der Waals surface area contributed by atoms with E-state index in [1.54, 1.807) is 6.07 Å². The first kappa shape index (κ1) is 10.6. The van der Waals surface area contributed by atoms with Gasteiger partial charge < -0.3 is 4.98 Å². The van der Waals surface area contributed by atoms with Crippen molar-refractivity contribution in [3.8, 4) is 0 Å². The third-order valence-corrected chi connectivity index (χ3v) is 2.48. The molecular weight excluding hydrogens is 200 g/mol. The molecule has 0 aliphatic carbocycles. The fourth-order valence-corrected chi connectivity index (χ4v) is 1.66. The maximum atomic E-state index is 11.0. The van der Waals surface area contributed by atoms with Crippen LogP contribution in [0.1, 0.15) is 17.7 Å². The van der Waals surface area contributed by atoms with Crippen LogP contribution in [0.25, 0.3) is 0 Å². The summed E-state index contributed by atoms with van der Waals surface area (Å²) in [6.07, 6.45) is 4.34. The van der Waals surface area contributed by atoms with E-state index in [1.165, 1.54) is 11.9 Å². The van der Waals surface area contributed by atoms with E-state index in [2.05, 4.69) is 22.1 Å². The second-order valence-electron chi connectivity index (χ2n) is 3.74. The Hall–Kier alpha value is -1.90. The van der Waals surface area contributed by atoms with Crippen LogP contribution in [0.15, 0.2) is 47.5 Å². The highest BCUT2D eigenvalue weighted by Gasteiger charge is 1.96. The quantitative estimate of drug-likeness (QED) is 0.845. The smallest absolute Gasteiger partial charge is 0.250 e. The molecule has 2 aromatic rings. The molecule has 1 aromatic carbocycles. The number of nitrogens with one attached hydrogen (secondary N) is 1. The molecule has 1 heterocycles. The van der Waals surface area contributed by atoms with Crippen LogP contribution in [-0.4, -0.2) is 9.97 Å². The highest BCUT2D eigenvalue weighted by atomic mass is 16.1. The van der Waals surface area contributed by atoms with Crippen LogP contribution in [0, 0.1) is 0 Å². The molecule has 0 saturated carbocycles. The standard InChI is InChI=1S/C13H14N2O/c16-13-9-12(14-10-15-13)8-4-7-11-5-2-1-3-6-11/h1-3,5-6,9-10H,4,7-8H2,(H,14,15,16). The zero-order chi connectivity index (χ0) is 11.2.